The molecule has 0 bridgehead atoms. The largest absolute Gasteiger partial charge is 0.378 e. The first-order chi connectivity index (χ1) is 11.4. The van der Waals surface area contributed by atoms with Crippen molar-refractivity contribution in [2.24, 2.45) is 5.92 Å². The van der Waals surface area contributed by atoms with E-state index in [9.17, 15) is 4.79 Å². The van der Waals surface area contributed by atoms with Crippen LogP contribution in [0.2, 0.25) is 0 Å². The van der Waals surface area contributed by atoms with Gasteiger partial charge in [-0.25, -0.2) is 0 Å². The topological polar surface area (TPSA) is 35.6 Å². The number of hydrogen-bond donors (Lipinski definition) is 1. The Morgan fingerprint density at radius 1 is 1.17 bits per heavy atom. The Bertz CT molecular complexity index is 516. The smallest absolute Gasteiger partial charge is 0.223 e. The van der Waals surface area contributed by atoms with E-state index in [1.807, 2.05) is 14.1 Å². The number of amides is 1. The van der Waals surface area contributed by atoms with Crippen molar-refractivity contribution in [2.75, 3.05) is 32.1 Å². The van der Waals surface area contributed by atoms with Gasteiger partial charge >= 0.3 is 0 Å². The Labute approximate surface area is 147 Å². The predicted octanol–water partition coefficient (Wildman–Crippen LogP) is 2.92. The molecule has 1 aliphatic heterocycles. The molecule has 2 rings (SSSR count). The van der Waals surface area contributed by atoms with E-state index in [-0.39, 0.29) is 17.9 Å². The van der Waals surface area contributed by atoms with Gasteiger partial charge in [0.15, 0.2) is 0 Å². The molecule has 134 valence electrons. The molecule has 1 saturated heterocycles. The third kappa shape index (κ3) is 5.23. The summed E-state index contributed by atoms with van der Waals surface area (Å²) in [5.41, 5.74) is 2.47. The van der Waals surface area contributed by atoms with Crippen LogP contribution in [0.1, 0.15) is 39.2 Å². The average Bonchev–Trinajstić information content (AvgIpc) is 2.55. The number of nitrogens with one attached hydrogen (secondary N) is 1. The lowest BCUT2D eigenvalue weighted by Gasteiger charge is -2.34. The van der Waals surface area contributed by atoms with Crippen molar-refractivity contribution in [3.8, 4) is 0 Å². The van der Waals surface area contributed by atoms with Crippen LogP contribution in [0, 0.1) is 5.92 Å². The Morgan fingerprint density at radius 2 is 1.75 bits per heavy atom. The highest BCUT2D eigenvalue weighted by molar-refractivity contribution is 5.79. The molecule has 1 heterocycles. The first kappa shape index (κ1) is 18.8. The summed E-state index contributed by atoms with van der Waals surface area (Å²) in [6.07, 6.45) is 2.84. The summed E-state index contributed by atoms with van der Waals surface area (Å²) in [6, 6.07) is 9.32. The van der Waals surface area contributed by atoms with Crippen LogP contribution in [0.5, 0.6) is 0 Å². The van der Waals surface area contributed by atoms with Crippen molar-refractivity contribution >= 4 is 11.6 Å². The van der Waals surface area contributed by atoms with Gasteiger partial charge in [0.1, 0.15) is 0 Å². The van der Waals surface area contributed by atoms with Gasteiger partial charge in [-0.1, -0.05) is 12.1 Å². The van der Waals surface area contributed by atoms with Crippen molar-refractivity contribution < 1.29 is 4.79 Å². The van der Waals surface area contributed by atoms with E-state index in [0.29, 0.717) is 6.04 Å². The van der Waals surface area contributed by atoms with E-state index in [0.717, 1.165) is 32.4 Å². The van der Waals surface area contributed by atoms with Crippen LogP contribution >= 0.6 is 0 Å². The zero-order valence-electron chi connectivity index (χ0n) is 15.9. The van der Waals surface area contributed by atoms with Gasteiger partial charge in [0.25, 0.3) is 0 Å². The summed E-state index contributed by atoms with van der Waals surface area (Å²) in [6.45, 7) is 8.63. The van der Waals surface area contributed by atoms with Crippen molar-refractivity contribution in [1.29, 1.82) is 0 Å². The van der Waals surface area contributed by atoms with E-state index < -0.39 is 0 Å². The third-order valence-corrected chi connectivity index (χ3v) is 5.01. The quantitative estimate of drug-likeness (QED) is 0.870. The van der Waals surface area contributed by atoms with E-state index in [1.165, 1.54) is 11.3 Å². The lowest BCUT2D eigenvalue weighted by molar-refractivity contribution is -0.127. The van der Waals surface area contributed by atoms with Crippen LogP contribution in [-0.4, -0.2) is 50.1 Å². The summed E-state index contributed by atoms with van der Waals surface area (Å²) < 4.78 is 0. The minimum Gasteiger partial charge on any atom is -0.378 e. The number of carbonyl (C=O) groups is 1. The lowest BCUT2D eigenvalue weighted by Crippen LogP contribution is -2.45. The molecule has 0 spiro atoms. The maximum Gasteiger partial charge on any atom is 0.223 e. The number of hydrogen-bond acceptors (Lipinski definition) is 3. The maximum atomic E-state index is 12.5. The van der Waals surface area contributed by atoms with Gasteiger partial charge in [-0.3, -0.25) is 4.79 Å². The summed E-state index contributed by atoms with van der Waals surface area (Å²) >= 11 is 0. The minimum absolute atomic E-state index is 0.172. The molecule has 1 atom stereocenters. The number of piperidine rings is 1. The van der Waals surface area contributed by atoms with E-state index in [1.54, 1.807) is 0 Å². The minimum atomic E-state index is 0.172. The fourth-order valence-corrected chi connectivity index (χ4v) is 3.37. The van der Waals surface area contributed by atoms with Crippen LogP contribution in [0.3, 0.4) is 0 Å². The van der Waals surface area contributed by atoms with Gasteiger partial charge in [0.05, 0.1) is 0 Å². The van der Waals surface area contributed by atoms with E-state index in [2.05, 4.69) is 60.2 Å². The molecule has 1 aromatic carbocycles. The van der Waals surface area contributed by atoms with E-state index in [4.69, 9.17) is 0 Å². The first-order valence-electron chi connectivity index (χ1n) is 9.17. The van der Waals surface area contributed by atoms with Gasteiger partial charge < -0.3 is 15.1 Å². The maximum absolute atomic E-state index is 12.5. The predicted molar refractivity (Wildman–Crippen MR) is 102 cm³/mol. The second kappa shape index (κ2) is 8.52. The third-order valence-electron chi connectivity index (χ3n) is 5.01. The van der Waals surface area contributed by atoms with Crippen LogP contribution < -0.4 is 10.2 Å². The molecule has 0 saturated carbocycles. The number of carbonyl (C=O) groups excluding carboxylic acids is 1. The summed E-state index contributed by atoms with van der Waals surface area (Å²) in [4.78, 5) is 17.0. The Morgan fingerprint density at radius 3 is 2.25 bits per heavy atom. The number of nitrogens with zero attached hydrogens (tertiary/aromatic N) is 2. The number of benzene rings is 1. The first-order valence-corrected chi connectivity index (χ1v) is 9.17. The molecule has 1 amide bonds. The number of anilines is 1. The molecule has 0 aromatic heterocycles. The average molecular weight is 332 g/mol. The monoisotopic (exact) mass is 331 g/mol. The van der Waals surface area contributed by atoms with Gasteiger partial charge in [-0.05, 0) is 70.8 Å². The zero-order chi connectivity index (χ0) is 17.7. The molecule has 0 aliphatic carbocycles. The van der Waals surface area contributed by atoms with Crippen LogP contribution in [0.4, 0.5) is 5.69 Å². The fraction of sp³-hybridized carbons (Fsp3) is 0.650. The SMILES string of the molecule is CC(Cc1ccc(N(C)C)cc1)NC(=O)C1CCN(C(C)C)CC1. The highest BCUT2D eigenvalue weighted by atomic mass is 16.1. The Hall–Kier alpha value is -1.55. The Kier molecular flexibility index (Phi) is 6.67. The molecular formula is C20H33N3O. The molecule has 1 aliphatic rings. The number of likely N-dealkylation sites (tertiary alicyclic amines) is 1. The summed E-state index contributed by atoms with van der Waals surface area (Å²) in [7, 11) is 4.09. The van der Waals surface area contributed by atoms with Crippen LogP contribution in [0.15, 0.2) is 24.3 Å². The summed E-state index contributed by atoms with van der Waals surface area (Å²) in [5, 5.41) is 3.21. The van der Waals surface area contributed by atoms with Crippen LogP contribution in [-0.2, 0) is 11.2 Å². The standard InChI is InChI=1S/C20H33N3O/c1-15(2)23-12-10-18(11-13-23)20(24)21-16(3)14-17-6-8-19(9-7-17)22(4)5/h6-9,15-16,18H,10-14H2,1-5H3,(H,21,24). The van der Waals surface area contributed by atoms with Crippen molar-refractivity contribution in [3.63, 3.8) is 0 Å². The highest BCUT2D eigenvalue weighted by Gasteiger charge is 2.26. The molecule has 1 aromatic rings. The molecule has 1 fully saturated rings. The van der Waals surface area contributed by atoms with Gasteiger partial charge in [-0.15, -0.1) is 0 Å². The second-order valence-electron chi connectivity index (χ2n) is 7.58. The molecule has 0 radical (unpaired) electrons. The molecule has 1 unspecified atom stereocenters. The van der Waals surface area contributed by atoms with Crippen molar-refractivity contribution in [1.82, 2.24) is 10.2 Å². The van der Waals surface area contributed by atoms with Gasteiger partial charge in [-0.2, -0.15) is 0 Å². The summed E-state index contributed by atoms with van der Waals surface area (Å²) in [5.74, 6) is 0.411. The lowest BCUT2D eigenvalue weighted by atomic mass is 9.94. The van der Waals surface area contributed by atoms with Crippen LogP contribution in [0.25, 0.3) is 0 Å². The van der Waals surface area contributed by atoms with Crippen molar-refractivity contribution in [3.05, 3.63) is 29.8 Å². The van der Waals surface area contributed by atoms with E-state index >= 15 is 0 Å². The zero-order valence-corrected chi connectivity index (χ0v) is 15.9. The van der Waals surface area contributed by atoms with Crippen molar-refractivity contribution in [2.45, 2.75) is 52.1 Å². The fourth-order valence-electron chi connectivity index (χ4n) is 3.37. The molecule has 24 heavy (non-hydrogen) atoms. The molecule has 1 N–H and O–H groups in total. The van der Waals surface area contributed by atoms with Gasteiger partial charge in [0.2, 0.25) is 5.91 Å². The highest BCUT2D eigenvalue weighted by Crippen LogP contribution is 2.19. The normalized spacial score (nSPS) is 17.8. The molecular weight excluding hydrogens is 298 g/mol. The number of rotatable bonds is 6. The Balaban J connectivity index is 1.79. The van der Waals surface area contributed by atoms with Gasteiger partial charge in [0, 0.05) is 37.8 Å². The molecule has 4 nitrogen and oxygen atoms in total. The second-order valence-corrected chi connectivity index (χ2v) is 7.58. The molecule has 4 heteroatoms.